The third-order valence-electron chi connectivity index (χ3n) is 3.65. The third-order valence-corrected chi connectivity index (χ3v) is 3.65. The van der Waals surface area contributed by atoms with Gasteiger partial charge < -0.3 is 10.6 Å². The highest BCUT2D eigenvalue weighted by atomic mass is 19.4. The molecule has 3 heterocycles. The molecule has 0 saturated carbocycles. The molecule has 0 saturated heterocycles. The van der Waals surface area contributed by atoms with Gasteiger partial charge in [0.2, 0.25) is 0 Å². The summed E-state index contributed by atoms with van der Waals surface area (Å²) in [4.78, 5) is 12.2. The minimum absolute atomic E-state index is 0.0161. The first-order chi connectivity index (χ1) is 12.3. The Bertz CT molecular complexity index is 909. The van der Waals surface area contributed by atoms with E-state index in [4.69, 9.17) is 0 Å². The molecule has 0 unspecified atom stereocenters. The number of fused-ring (bicyclic) bond motifs is 1. The zero-order valence-electron chi connectivity index (χ0n) is 14.3. The molecule has 8 heteroatoms. The maximum Gasteiger partial charge on any atom is 0.433 e. The lowest BCUT2D eigenvalue weighted by Crippen LogP contribution is -2.15. The highest BCUT2D eigenvalue weighted by Gasteiger charge is 2.34. The van der Waals surface area contributed by atoms with Crippen LogP contribution in [0.15, 0.2) is 42.7 Å². The molecule has 0 bridgehead atoms. The van der Waals surface area contributed by atoms with Gasteiger partial charge in [0.15, 0.2) is 5.65 Å². The number of rotatable bonds is 5. The van der Waals surface area contributed by atoms with E-state index in [0.717, 1.165) is 11.6 Å². The van der Waals surface area contributed by atoms with Crippen molar-refractivity contribution in [1.29, 1.82) is 0 Å². The molecule has 5 nitrogen and oxygen atoms in total. The van der Waals surface area contributed by atoms with Crippen LogP contribution in [0.4, 0.5) is 24.7 Å². The van der Waals surface area contributed by atoms with Crippen molar-refractivity contribution in [3.05, 3.63) is 54.0 Å². The standard InChI is InChI=1S/C18H18F3N5/c1-11(2)25-15-9-14(13-6-4-8-23-17(13)26-15)24-10-12-5-3-7-22-16(12)18(19,20)21/h3-9,11H,10H2,1-2H3,(H2,23,24,25,26). The number of nitrogens with one attached hydrogen (secondary N) is 2. The Hall–Kier alpha value is -2.90. The average molecular weight is 361 g/mol. The first-order valence-corrected chi connectivity index (χ1v) is 8.12. The van der Waals surface area contributed by atoms with Gasteiger partial charge in [-0.25, -0.2) is 9.97 Å². The predicted octanol–water partition coefficient (Wildman–Crippen LogP) is 4.48. The van der Waals surface area contributed by atoms with E-state index in [9.17, 15) is 13.2 Å². The van der Waals surface area contributed by atoms with Gasteiger partial charge in [0, 0.05) is 47.7 Å². The Morgan fingerprint density at radius 1 is 1.08 bits per heavy atom. The summed E-state index contributed by atoms with van der Waals surface area (Å²) in [6.45, 7) is 3.93. The van der Waals surface area contributed by atoms with Gasteiger partial charge >= 0.3 is 6.18 Å². The minimum Gasteiger partial charge on any atom is -0.380 e. The van der Waals surface area contributed by atoms with Crippen LogP contribution in [0.2, 0.25) is 0 Å². The molecule has 0 amide bonds. The summed E-state index contributed by atoms with van der Waals surface area (Å²) in [5, 5.41) is 6.99. The fourth-order valence-electron chi connectivity index (χ4n) is 2.60. The lowest BCUT2D eigenvalue weighted by atomic mass is 10.1. The Balaban J connectivity index is 1.94. The molecule has 0 aromatic carbocycles. The topological polar surface area (TPSA) is 62.7 Å². The number of hydrogen-bond donors (Lipinski definition) is 2. The number of hydrogen-bond acceptors (Lipinski definition) is 5. The molecule has 0 aliphatic carbocycles. The molecule has 0 aliphatic rings. The van der Waals surface area contributed by atoms with Crippen LogP contribution in [-0.4, -0.2) is 21.0 Å². The van der Waals surface area contributed by atoms with Gasteiger partial charge in [-0.3, -0.25) is 4.98 Å². The lowest BCUT2D eigenvalue weighted by molar-refractivity contribution is -0.141. The molecule has 0 atom stereocenters. The molecule has 0 spiro atoms. The second-order valence-corrected chi connectivity index (χ2v) is 6.09. The molecule has 3 aromatic heterocycles. The first kappa shape index (κ1) is 17.9. The lowest BCUT2D eigenvalue weighted by Gasteiger charge is -2.16. The Labute approximate surface area is 148 Å². The second kappa shape index (κ2) is 7.15. The molecular weight excluding hydrogens is 343 g/mol. The van der Waals surface area contributed by atoms with E-state index in [1.807, 2.05) is 19.9 Å². The van der Waals surface area contributed by atoms with E-state index >= 15 is 0 Å². The quantitative estimate of drug-likeness (QED) is 0.702. The molecule has 0 aliphatic heterocycles. The molecule has 3 rings (SSSR count). The minimum atomic E-state index is -4.50. The highest BCUT2D eigenvalue weighted by molar-refractivity contribution is 5.90. The van der Waals surface area contributed by atoms with Crippen molar-refractivity contribution in [2.75, 3.05) is 10.6 Å². The van der Waals surface area contributed by atoms with Crippen LogP contribution >= 0.6 is 0 Å². The SMILES string of the molecule is CC(C)Nc1cc(NCc2cccnc2C(F)(F)F)c2cccnc2n1. The van der Waals surface area contributed by atoms with Gasteiger partial charge in [-0.2, -0.15) is 13.2 Å². The zero-order chi connectivity index (χ0) is 18.7. The monoisotopic (exact) mass is 361 g/mol. The van der Waals surface area contributed by atoms with Crippen molar-refractivity contribution in [3.8, 4) is 0 Å². The summed E-state index contributed by atoms with van der Waals surface area (Å²) in [5.74, 6) is 0.607. The number of aromatic nitrogens is 3. The van der Waals surface area contributed by atoms with Crippen LogP contribution in [0.5, 0.6) is 0 Å². The molecule has 136 valence electrons. The van der Waals surface area contributed by atoms with E-state index in [2.05, 4.69) is 25.6 Å². The largest absolute Gasteiger partial charge is 0.433 e. The normalized spacial score (nSPS) is 11.8. The summed E-state index contributed by atoms with van der Waals surface area (Å²) < 4.78 is 39.3. The molecule has 0 radical (unpaired) electrons. The zero-order valence-corrected chi connectivity index (χ0v) is 14.3. The van der Waals surface area contributed by atoms with E-state index in [-0.39, 0.29) is 18.2 Å². The van der Waals surface area contributed by atoms with E-state index < -0.39 is 11.9 Å². The summed E-state index contributed by atoms with van der Waals surface area (Å²) in [6.07, 6.45) is -1.73. The predicted molar refractivity (Wildman–Crippen MR) is 94.9 cm³/mol. The van der Waals surface area contributed by atoms with Crippen LogP contribution in [-0.2, 0) is 12.7 Å². The molecule has 2 N–H and O–H groups in total. The molecular formula is C18H18F3N5. The van der Waals surface area contributed by atoms with Crippen molar-refractivity contribution in [1.82, 2.24) is 15.0 Å². The van der Waals surface area contributed by atoms with E-state index in [0.29, 0.717) is 17.2 Å². The Morgan fingerprint density at radius 3 is 2.54 bits per heavy atom. The van der Waals surface area contributed by atoms with E-state index in [1.165, 1.54) is 12.1 Å². The number of halogens is 3. The van der Waals surface area contributed by atoms with Crippen molar-refractivity contribution in [3.63, 3.8) is 0 Å². The molecule has 3 aromatic rings. The fourth-order valence-corrected chi connectivity index (χ4v) is 2.60. The van der Waals surface area contributed by atoms with Crippen LogP contribution < -0.4 is 10.6 Å². The Kier molecular flexibility index (Phi) is 4.92. The van der Waals surface area contributed by atoms with Gasteiger partial charge in [-0.1, -0.05) is 6.07 Å². The van der Waals surface area contributed by atoms with Crippen LogP contribution in [0, 0.1) is 0 Å². The summed E-state index contributed by atoms with van der Waals surface area (Å²) in [7, 11) is 0. The summed E-state index contributed by atoms with van der Waals surface area (Å²) >= 11 is 0. The average Bonchev–Trinajstić information content (AvgIpc) is 2.58. The van der Waals surface area contributed by atoms with Crippen molar-refractivity contribution in [2.24, 2.45) is 0 Å². The number of pyridine rings is 3. The van der Waals surface area contributed by atoms with E-state index in [1.54, 1.807) is 18.3 Å². The van der Waals surface area contributed by atoms with Crippen LogP contribution in [0.25, 0.3) is 11.0 Å². The maximum absolute atomic E-state index is 13.1. The summed E-state index contributed by atoms with van der Waals surface area (Å²) in [6, 6.07) is 8.42. The first-order valence-electron chi connectivity index (χ1n) is 8.12. The number of anilines is 2. The third kappa shape index (κ3) is 4.01. The fraction of sp³-hybridized carbons (Fsp3) is 0.278. The maximum atomic E-state index is 13.1. The van der Waals surface area contributed by atoms with Crippen molar-refractivity contribution in [2.45, 2.75) is 32.6 Å². The van der Waals surface area contributed by atoms with Gasteiger partial charge in [0.25, 0.3) is 0 Å². The number of alkyl halides is 3. The summed E-state index contributed by atoms with van der Waals surface area (Å²) in [5.41, 5.74) is 0.364. The van der Waals surface area contributed by atoms with Crippen LogP contribution in [0.3, 0.4) is 0 Å². The van der Waals surface area contributed by atoms with Gasteiger partial charge in [-0.05, 0) is 32.0 Å². The smallest absolute Gasteiger partial charge is 0.380 e. The van der Waals surface area contributed by atoms with Crippen molar-refractivity contribution >= 4 is 22.5 Å². The molecule has 26 heavy (non-hydrogen) atoms. The van der Waals surface area contributed by atoms with Gasteiger partial charge in [0.1, 0.15) is 11.5 Å². The van der Waals surface area contributed by atoms with Crippen molar-refractivity contribution < 1.29 is 13.2 Å². The Morgan fingerprint density at radius 2 is 1.81 bits per heavy atom. The van der Waals surface area contributed by atoms with Crippen LogP contribution in [0.1, 0.15) is 25.1 Å². The van der Waals surface area contributed by atoms with Gasteiger partial charge in [-0.15, -0.1) is 0 Å². The number of nitrogens with zero attached hydrogens (tertiary/aromatic N) is 3. The highest BCUT2D eigenvalue weighted by Crippen LogP contribution is 2.31. The molecule has 0 fully saturated rings. The van der Waals surface area contributed by atoms with Gasteiger partial charge in [0.05, 0.1) is 0 Å². The second-order valence-electron chi connectivity index (χ2n) is 6.09.